The zero-order valence-corrected chi connectivity index (χ0v) is 9.11. The van der Waals surface area contributed by atoms with E-state index in [1.54, 1.807) is 6.92 Å². The van der Waals surface area contributed by atoms with E-state index in [0.717, 1.165) is 4.90 Å². The molecule has 0 saturated carbocycles. The number of aromatic amines is 1. The summed E-state index contributed by atoms with van der Waals surface area (Å²) in [5, 5.41) is 8.37. The normalized spacial score (nSPS) is 15.9. The van der Waals surface area contributed by atoms with E-state index in [9.17, 15) is 14.4 Å². The number of nitrogens with zero attached hydrogens (tertiary/aromatic N) is 2. The first-order chi connectivity index (χ1) is 7.99. The predicted octanol–water partition coefficient (Wildman–Crippen LogP) is -1.60. The second kappa shape index (κ2) is 3.89. The first-order valence-electron chi connectivity index (χ1n) is 4.91. The maximum Gasteiger partial charge on any atom is 0.260 e. The van der Waals surface area contributed by atoms with Crippen molar-refractivity contribution >= 4 is 23.5 Å². The van der Waals surface area contributed by atoms with E-state index in [1.165, 1.54) is 0 Å². The molecule has 1 aromatic rings. The summed E-state index contributed by atoms with van der Waals surface area (Å²) in [6, 6.07) is 0. The number of imide groups is 1. The van der Waals surface area contributed by atoms with Gasteiger partial charge in [0.1, 0.15) is 18.7 Å². The second-order valence-electron chi connectivity index (χ2n) is 3.74. The third kappa shape index (κ3) is 1.96. The standard InChI is InChI=1S/C9H11N5O3/c1-4-7(8(10)13-12-4)9(17)14-2-5(15)11-6(16)3-14/h2-3H2,1H3,(H3,10,12,13)(H,11,15,16). The Balaban J connectivity index is 2.26. The Morgan fingerprint density at radius 1 is 1.35 bits per heavy atom. The molecule has 2 heterocycles. The van der Waals surface area contributed by atoms with Crippen LogP contribution >= 0.6 is 0 Å². The summed E-state index contributed by atoms with van der Waals surface area (Å²) in [6.45, 7) is 1.33. The van der Waals surface area contributed by atoms with Gasteiger partial charge in [0.15, 0.2) is 5.82 Å². The minimum absolute atomic E-state index is 0.0610. The smallest absolute Gasteiger partial charge is 0.260 e. The van der Waals surface area contributed by atoms with Crippen LogP contribution in [0.3, 0.4) is 0 Å². The lowest BCUT2D eigenvalue weighted by Gasteiger charge is -2.25. The zero-order valence-electron chi connectivity index (χ0n) is 9.11. The molecule has 1 aromatic heterocycles. The maximum atomic E-state index is 12.0. The zero-order chi connectivity index (χ0) is 12.6. The minimum atomic E-state index is -0.505. The van der Waals surface area contributed by atoms with Gasteiger partial charge in [0.25, 0.3) is 5.91 Å². The van der Waals surface area contributed by atoms with E-state index in [4.69, 9.17) is 5.73 Å². The number of aryl methyl sites for hydroxylation is 1. The van der Waals surface area contributed by atoms with Crippen LogP contribution < -0.4 is 11.1 Å². The molecule has 0 unspecified atom stereocenters. The lowest BCUT2D eigenvalue weighted by Crippen LogP contribution is -2.53. The van der Waals surface area contributed by atoms with E-state index < -0.39 is 17.7 Å². The lowest BCUT2D eigenvalue weighted by molar-refractivity contribution is -0.135. The average molecular weight is 237 g/mol. The molecular weight excluding hydrogens is 226 g/mol. The fraction of sp³-hybridized carbons (Fsp3) is 0.333. The molecule has 8 nitrogen and oxygen atoms in total. The summed E-state index contributed by atoms with van der Waals surface area (Å²) in [7, 11) is 0. The average Bonchev–Trinajstić information content (AvgIpc) is 2.56. The van der Waals surface area contributed by atoms with Crippen LogP contribution in [0.4, 0.5) is 5.82 Å². The van der Waals surface area contributed by atoms with Crippen molar-refractivity contribution in [2.45, 2.75) is 6.92 Å². The van der Waals surface area contributed by atoms with Crippen molar-refractivity contribution in [2.24, 2.45) is 0 Å². The number of aromatic nitrogens is 2. The fourth-order valence-electron chi connectivity index (χ4n) is 1.66. The quantitative estimate of drug-likeness (QED) is 0.508. The van der Waals surface area contributed by atoms with Gasteiger partial charge in [-0.05, 0) is 6.92 Å². The number of nitrogens with one attached hydrogen (secondary N) is 2. The largest absolute Gasteiger partial charge is 0.382 e. The Morgan fingerprint density at radius 3 is 2.41 bits per heavy atom. The van der Waals surface area contributed by atoms with Gasteiger partial charge in [0.05, 0.1) is 0 Å². The van der Waals surface area contributed by atoms with Crippen molar-refractivity contribution in [3.05, 3.63) is 11.3 Å². The monoisotopic (exact) mass is 237 g/mol. The van der Waals surface area contributed by atoms with Gasteiger partial charge in [0.2, 0.25) is 11.8 Å². The van der Waals surface area contributed by atoms with E-state index in [0.29, 0.717) is 5.69 Å². The third-order valence-electron chi connectivity index (χ3n) is 2.42. The molecular formula is C9H11N5O3. The van der Waals surface area contributed by atoms with Crippen LogP contribution in [0.1, 0.15) is 16.1 Å². The van der Waals surface area contributed by atoms with E-state index >= 15 is 0 Å². The number of H-pyrrole nitrogens is 1. The number of rotatable bonds is 1. The van der Waals surface area contributed by atoms with E-state index in [2.05, 4.69) is 15.5 Å². The number of hydrogen-bond acceptors (Lipinski definition) is 5. The second-order valence-corrected chi connectivity index (χ2v) is 3.74. The summed E-state index contributed by atoms with van der Waals surface area (Å²) < 4.78 is 0. The molecule has 1 aliphatic rings. The Morgan fingerprint density at radius 2 is 1.94 bits per heavy atom. The van der Waals surface area contributed by atoms with Crippen LogP contribution in [0.25, 0.3) is 0 Å². The highest BCUT2D eigenvalue weighted by atomic mass is 16.2. The molecule has 0 radical (unpaired) electrons. The summed E-state index contributed by atoms with van der Waals surface area (Å²) >= 11 is 0. The molecule has 1 saturated heterocycles. The first kappa shape index (κ1) is 11.1. The number of anilines is 1. The van der Waals surface area contributed by atoms with Crippen LogP contribution in [0.15, 0.2) is 0 Å². The van der Waals surface area contributed by atoms with E-state index in [1.807, 2.05) is 0 Å². The third-order valence-corrected chi connectivity index (χ3v) is 2.42. The molecule has 1 aliphatic heterocycles. The number of carbonyl (C=O) groups excluding carboxylic acids is 3. The van der Waals surface area contributed by atoms with Crippen molar-refractivity contribution in [1.82, 2.24) is 20.4 Å². The molecule has 0 aromatic carbocycles. The van der Waals surface area contributed by atoms with Crippen molar-refractivity contribution < 1.29 is 14.4 Å². The summed E-state index contributed by atoms with van der Waals surface area (Å²) in [5.41, 5.74) is 6.25. The van der Waals surface area contributed by atoms with E-state index in [-0.39, 0.29) is 24.5 Å². The number of nitrogen functional groups attached to an aromatic ring is 1. The van der Waals surface area contributed by atoms with Crippen LogP contribution in [-0.2, 0) is 9.59 Å². The topological polar surface area (TPSA) is 121 Å². The van der Waals surface area contributed by atoms with Gasteiger partial charge in [0, 0.05) is 5.69 Å². The van der Waals surface area contributed by atoms with Crippen molar-refractivity contribution in [3.63, 3.8) is 0 Å². The highest BCUT2D eigenvalue weighted by molar-refractivity contribution is 6.07. The molecule has 1 fully saturated rings. The van der Waals surface area contributed by atoms with Gasteiger partial charge >= 0.3 is 0 Å². The molecule has 4 N–H and O–H groups in total. The van der Waals surface area contributed by atoms with Crippen LogP contribution in [-0.4, -0.2) is 45.9 Å². The SMILES string of the molecule is Cc1[nH]nc(N)c1C(=O)N1CC(=O)NC(=O)C1. The van der Waals surface area contributed by atoms with Crippen molar-refractivity contribution in [1.29, 1.82) is 0 Å². The summed E-state index contributed by atoms with van der Waals surface area (Å²) in [4.78, 5) is 35.5. The fourth-order valence-corrected chi connectivity index (χ4v) is 1.66. The molecule has 0 aliphatic carbocycles. The van der Waals surface area contributed by atoms with Gasteiger partial charge in [-0.3, -0.25) is 24.8 Å². The minimum Gasteiger partial charge on any atom is -0.382 e. The molecule has 90 valence electrons. The Labute approximate surface area is 96.1 Å². The Kier molecular flexibility index (Phi) is 2.54. The molecule has 2 rings (SSSR count). The van der Waals surface area contributed by atoms with Gasteiger partial charge in [-0.25, -0.2) is 0 Å². The van der Waals surface area contributed by atoms with Crippen molar-refractivity contribution in [3.8, 4) is 0 Å². The number of nitrogens with two attached hydrogens (primary N) is 1. The Bertz CT molecular complexity index is 471. The van der Waals surface area contributed by atoms with Gasteiger partial charge in [-0.15, -0.1) is 0 Å². The molecule has 0 atom stereocenters. The van der Waals surface area contributed by atoms with Gasteiger partial charge < -0.3 is 10.6 Å². The lowest BCUT2D eigenvalue weighted by atomic mass is 10.2. The molecule has 3 amide bonds. The number of hydrogen-bond donors (Lipinski definition) is 3. The maximum absolute atomic E-state index is 12.0. The van der Waals surface area contributed by atoms with Crippen LogP contribution in [0.5, 0.6) is 0 Å². The summed E-state index contributed by atoms with van der Waals surface area (Å²) in [6.07, 6.45) is 0. The predicted molar refractivity (Wildman–Crippen MR) is 56.8 cm³/mol. The van der Waals surface area contributed by atoms with Crippen LogP contribution in [0.2, 0.25) is 0 Å². The molecule has 0 bridgehead atoms. The number of amides is 3. The molecule has 17 heavy (non-hydrogen) atoms. The summed E-state index contributed by atoms with van der Waals surface area (Å²) in [5.74, 6) is -1.42. The molecule has 0 spiro atoms. The molecule has 8 heteroatoms. The van der Waals surface area contributed by atoms with Gasteiger partial charge in [-0.1, -0.05) is 0 Å². The number of piperazine rings is 1. The highest BCUT2D eigenvalue weighted by Gasteiger charge is 2.29. The van der Waals surface area contributed by atoms with Gasteiger partial charge in [-0.2, -0.15) is 5.10 Å². The van der Waals surface area contributed by atoms with Crippen molar-refractivity contribution in [2.75, 3.05) is 18.8 Å². The Hall–Kier alpha value is -2.38. The number of carbonyl (C=O) groups is 3. The first-order valence-corrected chi connectivity index (χ1v) is 4.91. The highest BCUT2D eigenvalue weighted by Crippen LogP contribution is 2.15. The van der Waals surface area contributed by atoms with Crippen LogP contribution in [0, 0.1) is 6.92 Å².